The number of hydrogen-bond acceptors (Lipinski definition) is 4. The molecule has 0 aliphatic carbocycles. The molecule has 2 aliphatic heterocycles. The van der Waals surface area contributed by atoms with Gasteiger partial charge in [-0.1, -0.05) is 0 Å². The molecule has 0 radical (unpaired) electrons. The fourth-order valence-electron chi connectivity index (χ4n) is 3.21. The van der Waals surface area contributed by atoms with Gasteiger partial charge in [-0.15, -0.1) is 0 Å². The standard InChI is InChI=1S/C15H22N4O/c1-10(16)11-4-6-17-14(8-11)19-7-5-13-12(9-19)2-3-15(20)18-13/h4,6,8,10,12-13H,2-3,5,7,9,16H2,1H3,(H,18,20)/t10-,12?,13?/m0/s1. The Morgan fingerprint density at radius 1 is 1.50 bits per heavy atom. The molecule has 2 unspecified atom stereocenters. The maximum atomic E-state index is 11.4. The van der Waals surface area contributed by atoms with E-state index in [1.165, 1.54) is 0 Å². The first-order valence-electron chi connectivity index (χ1n) is 7.39. The number of amides is 1. The molecule has 1 aromatic rings. The molecule has 108 valence electrons. The Hall–Kier alpha value is -1.62. The molecule has 0 saturated carbocycles. The van der Waals surface area contributed by atoms with Crippen molar-refractivity contribution in [3.05, 3.63) is 23.9 Å². The molecule has 5 nitrogen and oxygen atoms in total. The van der Waals surface area contributed by atoms with Crippen LogP contribution < -0.4 is 16.0 Å². The first kappa shape index (κ1) is 13.4. The Labute approximate surface area is 119 Å². The third-order valence-corrected chi connectivity index (χ3v) is 4.44. The van der Waals surface area contributed by atoms with Crippen LogP contribution in [0, 0.1) is 5.92 Å². The van der Waals surface area contributed by atoms with Crippen LogP contribution in [0.2, 0.25) is 0 Å². The van der Waals surface area contributed by atoms with Crippen molar-refractivity contribution in [1.82, 2.24) is 10.3 Å². The van der Waals surface area contributed by atoms with E-state index in [1.54, 1.807) is 0 Å². The van der Waals surface area contributed by atoms with Crippen molar-refractivity contribution >= 4 is 11.7 Å². The van der Waals surface area contributed by atoms with E-state index < -0.39 is 0 Å². The second-order valence-electron chi connectivity index (χ2n) is 5.94. The highest BCUT2D eigenvalue weighted by Crippen LogP contribution is 2.28. The van der Waals surface area contributed by atoms with Crippen molar-refractivity contribution in [3.63, 3.8) is 0 Å². The molecule has 3 rings (SSSR count). The molecule has 0 bridgehead atoms. The number of carbonyl (C=O) groups excluding carboxylic acids is 1. The number of carbonyl (C=O) groups is 1. The van der Waals surface area contributed by atoms with E-state index in [0.717, 1.165) is 37.3 Å². The number of piperidine rings is 2. The van der Waals surface area contributed by atoms with Gasteiger partial charge in [0.15, 0.2) is 0 Å². The minimum absolute atomic E-state index is 0.0308. The zero-order valence-electron chi connectivity index (χ0n) is 11.9. The average Bonchev–Trinajstić information content (AvgIpc) is 2.47. The summed E-state index contributed by atoms with van der Waals surface area (Å²) in [4.78, 5) is 18.2. The summed E-state index contributed by atoms with van der Waals surface area (Å²) < 4.78 is 0. The van der Waals surface area contributed by atoms with Crippen LogP contribution in [-0.2, 0) is 4.79 Å². The normalized spacial score (nSPS) is 27.7. The monoisotopic (exact) mass is 274 g/mol. The minimum atomic E-state index is 0.0308. The highest BCUT2D eigenvalue weighted by molar-refractivity contribution is 5.77. The van der Waals surface area contributed by atoms with Gasteiger partial charge in [0.2, 0.25) is 5.91 Å². The molecular weight excluding hydrogens is 252 g/mol. The van der Waals surface area contributed by atoms with Crippen molar-refractivity contribution in [1.29, 1.82) is 0 Å². The smallest absolute Gasteiger partial charge is 0.220 e. The van der Waals surface area contributed by atoms with Gasteiger partial charge in [0.1, 0.15) is 5.82 Å². The van der Waals surface area contributed by atoms with Crippen LogP contribution in [0.25, 0.3) is 0 Å². The van der Waals surface area contributed by atoms with Gasteiger partial charge in [0, 0.05) is 37.8 Å². The molecule has 3 heterocycles. The summed E-state index contributed by atoms with van der Waals surface area (Å²) >= 11 is 0. The number of pyridine rings is 1. The van der Waals surface area contributed by atoms with Gasteiger partial charge >= 0.3 is 0 Å². The van der Waals surface area contributed by atoms with E-state index in [9.17, 15) is 4.79 Å². The Bertz CT molecular complexity index is 502. The van der Waals surface area contributed by atoms with E-state index in [1.807, 2.05) is 19.2 Å². The minimum Gasteiger partial charge on any atom is -0.356 e. The fraction of sp³-hybridized carbons (Fsp3) is 0.600. The first-order chi connectivity index (χ1) is 9.63. The molecule has 1 aromatic heterocycles. The van der Waals surface area contributed by atoms with Crippen LogP contribution in [0.5, 0.6) is 0 Å². The van der Waals surface area contributed by atoms with Crippen LogP contribution in [0.1, 0.15) is 37.8 Å². The van der Waals surface area contributed by atoms with Gasteiger partial charge in [-0.2, -0.15) is 0 Å². The number of rotatable bonds is 2. The van der Waals surface area contributed by atoms with Crippen LogP contribution in [0.3, 0.4) is 0 Å². The lowest BCUT2D eigenvalue weighted by Gasteiger charge is -2.42. The number of nitrogens with zero attached hydrogens (tertiary/aromatic N) is 2. The molecule has 2 saturated heterocycles. The van der Waals surface area contributed by atoms with Crippen molar-refractivity contribution in [2.24, 2.45) is 11.7 Å². The molecule has 3 atom stereocenters. The number of hydrogen-bond donors (Lipinski definition) is 2. The molecule has 20 heavy (non-hydrogen) atoms. The van der Waals surface area contributed by atoms with Gasteiger partial charge < -0.3 is 16.0 Å². The van der Waals surface area contributed by atoms with Gasteiger partial charge in [-0.05, 0) is 43.4 Å². The van der Waals surface area contributed by atoms with Gasteiger partial charge in [-0.25, -0.2) is 4.98 Å². The molecule has 2 aliphatic rings. The molecule has 1 amide bonds. The maximum absolute atomic E-state index is 11.4. The van der Waals surface area contributed by atoms with E-state index in [0.29, 0.717) is 18.4 Å². The topological polar surface area (TPSA) is 71.2 Å². The Morgan fingerprint density at radius 2 is 2.35 bits per heavy atom. The fourth-order valence-corrected chi connectivity index (χ4v) is 3.21. The molecule has 0 aromatic carbocycles. The summed E-state index contributed by atoms with van der Waals surface area (Å²) in [6.45, 7) is 3.90. The summed E-state index contributed by atoms with van der Waals surface area (Å²) in [6, 6.07) is 4.45. The lowest BCUT2D eigenvalue weighted by Crippen LogP contribution is -2.54. The van der Waals surface area contributed by atoms with Crippen LogP contribution in [0.15, 0.2) is 18.3 Å². The third kappa shape index (κ3) is 2.63. The predicted molar refractivity (Wildman–Crippen MR) is 78.3 cm³/mol. The number of aromatic nitrogens is 1. The lowest BCUT2D eigenvalue weighted by atomic mass is 9.85. The number of nitrogens with two attached hydrogens (primary N) is 1. The van der Waals surface area contributed by atoms with Crippen LogP contribution >= 0.6 is 0 Å². The van der Waals surface area contributed by atoms with E-state index in [-0.39, 0.29) is 11.9 Å². The van der Waals surface area contributed by atoms with Gasteiger partial charge in [-0.3, -0.25) is 4.79 Å². The largest absolute Gasteiger partial charge is 0.356 e. The van der Waals surface area contributed by atoms with Crippen molar-refractivity contribution < 1.29 is 4.79 Å². The molecular formula is C15H22N4O. The summed E-state index contributed by atoms with van der Waals surface area (Å²) in [5.74, 6) is 1.76. The zero-order valence-corrected chi connectivity index (χ0v) is 11.9. The number of nitrogens with one attached hydrogen (secondary N) is 1. The van der Waals surface area contributed by atoms with Gasteiger partial charge in [0.25, 0.3) is 0 Å². The van der Waals surface area contributed by atoms with Crippen molar-refractivity contribution in [2.45, 2.75) is 38.3 Å². The van der Waals surface area contributed by atoms with Crippen molar-refractivity contribution in [3.8, 4) is 0 Å². The summed E-state index contributed by atoms with van der Waals surface area (Å²) in [6.07, 6.45) is 4.48. The van der Waals surface area contributed by atoms with E-state index in [2.05, 4.69) is 21.3 Å². The predicted octanol–water partition coefficient (Wildman–Crippen LogP) is 1.21. The SMILES string of the molecule is C[C@H](N)c1ccnc(N2CCC3NC(=O)CCC3C2)c1. The molecule has 0 spiro atoms. The Kier molecular flexibility index (Phi) is 3.61. The van der Waals surface area contributed by atoms with Gasteiger partial charge in [0.05, 0.1) is 0 Å². The maximum Gasteiger partial charge on any atom is 0.220 e. The first-order valence-corrected chi connectivity index (χ1v) is 7.39. The summed E-state index contributed by atoms with van der Waals surface area (Å²) in [7, 11) is 0. The number of anilines is 1. The third-order valence-electron chi connectivity index (χ3n) is 4.44. The number of fused-ring (bicyclic) bond motifs is 1. The Balaban J connectivity index is 1.73. The van der Waals surface area contributed by atoms with Crippen LogP contribution in [-0.4, -0.2) is 30.0 Å². The highest BCUT2D eigenvalue weighted by atomic mass is 16.1. The summed E-state index contributed by atoms with van der Waals surface area (Å²) in [5, 5.41) is 3.11. The highest BCUT2D eigenvalue weighted by Gasteiger charge is 2.34. The molecule has 3 N–H and O–H groups in total. The quantitative estimate of drug-likeness (QED) is 0.850. The molecule has 5 heteroatoms. The average molecular weight is 274 g/mol. The second kappa shape index (κ2) is 5.40. The zero-order chi connectivity index (χ0) is 14.1. The summed E-state index contributed by atoms with van der Waals surface area (Å²) in [5.41, 5.74) is 7.06. The molecule has 2 fully saturated rings. The van der Waals surface area contributed by atoms with Crippen molar-refractivity contribution in [2.75, 3.05) is 18.0 Å². The van der Waals surface area contributed by atoms with E-state index >= 15 is 0 Å². The lowest BCUT2D eigenvalue weighted by molar-refractivity contribution is -0.124. The van der Waals surface area contributed by atoms with Crippen LogP contribution in [0.4, 0.5) is 5.82 Å². The van der Waals surface area contributed by atoms with E-state index in [4.69, 9.17) is 5.73 Å². The Morgan fingerprint density at radius 3 is 3.15 bits per heavy atom. The second-order valence-corrected chi connectivity index (χ2v) is 5.94.